The number of rotatable bonds is 3. The van der Waals surface area contributed by atoms with E-state index in [1.807, 2.05) is 0 Å². The minimum Gasteiger partial charge on any atom is -0.358 e. The van der Waals surface area contributed by atoms with Gasteiger partial charge in [0.15, 0.2) is 0 Å². The number of anilines is 2. The average molecular weight is 420 g/mol. The fourth-order valence-corrected chi connectivity index (χ4v) is 5.06. The van der Waals surface area contributed by atoms with Crippen molar-refractivity contribution in [3.05, 3.63) is 17.9 Å². The van der Waals surface area contributed by atoms with Crippen molar-refractivity contribution in [3.63, 3.8) is 0 Å². The van der Waals surface area contributed by atoms with Gasteiger partial charge in [0.05, 0.1) is 11.4 Å². The molecule has 1 aromatic carbocycles. The number of piperidine rings is 1. The smallest absolute Gasteiger partial charge is 0.358 e. The number of amidine groups is 1. The molecule has 1 saturated carbocycles. The van der Waals surface area contributed by atoms with Crippen LogP contribution in [0.25, 0.3) is 0 Å². The van der Waals surface area contributed by atoms with E-state index in [1.165, 1.54) is 0 Å². The van der Waals surface area contributed by atoms with Crippen molar-refractivity contribution in [1.29, 1.82) is 0 Å². The first kappa shape index (κ1) is 19.4. The molecular weight excluding hydrogens is 400 g/mol. The van der Waals surface area contributed by atoms with Crippen molar-refractivity contribution in [2.24, 2.45) is 22.0 Å². The zero-order valence-electron chi connectivity index (χ0n) is 14.8. The third-order valence-electron chi connectivity index (χ3n) is 5.49. The maximum absolute atomic E-state index is 14.2. The molecule has 1 aliphatic carbocycles. The van der Waals surface area contributed by atoms with Gasteiger partial charge in [0, 0.05) is 12.5 Å². The standard InChI is InChI=1S/C17H20F4N4O2S/c18-11-6-12(25-4-3-9(8-22)5-14(25)17(19,20)21)15-13(7-11)28(26,27)24-16(23-15)10-1-2-10/h6-7,9-10,14H,1-5,8,22H2,(H,23,24)/t9-,14+/m0/s1. The predicted molar refractivity (Wildman–Crippen MR) is 96.3 cm³/mol. The fourth-order valence-electron chi connectivity index (χ4n) is 3.84. The first-order valence-corrected chi connectivity index (χ1v) is 10.5. The Hall–Kier alpha value is -1.88. The summed E-state index contributed by atoms with van der Waals surface area (Å²) in [4.78, 5) is 0.612. The highest BCUT2D eigenvalue weighted by Gasteiger charge is 2.48. The van der Waals surface area contributed by atoms with E-state index in [0.29, 0.717) is 6.42 Å². The van der Waals surface area contributed by atoms with Crippen molar-refractivity contribution < 1.29 is 26.0 Å². The second-order valence-electron chi connectivity index (χ2n) is 7.53. The number of benzene rings is 1. The SMILES string of the molecule is NC[C@H]1CCN(c2cc(F)cc3c2NC(C2CC2)=NS3(=O)=O)[C@@H](C(F)(F)F)C1. The van der Waals surface area contributed by atoms with Gasteiger partial charge in [0.25, 0.3) is 10.0 Å². The van der Waals surface area contributed by atoms with Gasteiger partial charge in [-0.2, -0.15) is 21.6 Å². The van der Waals surface area contributed by atoms with Gasteiger partial charge in [0.1, 0.15) is 22.6 Å². The molecule has 28 heavy (non-hydrogen) atoms. The Morgan fingerprint density at radius 3 is 2.57 bits per heavy atom. The van der Waals surface area contributed by atoms with Crippen LogP contribution in [0.1, 0.15) is 25.7 Å². The molecule has 2 heterocycles. The lowest BCUT2D eigenvalue weighted by molar-refractivity contribution is -0.155. The zero-order chi connectivity index (χ0) is 20.3. The number of hydrogen-bond donors (Lipinski definition) is 2. The van der Waals surface area contributed by atoms with E-state index in [9.17, 15) is 26.0 Å². The minimum atomic E-state index is -4.56. The van der Waals surface area contributed by atoms with Crippen LogP contribution in [0, 0.1) is 17.7 Å². The second-order valence-corrected chi connectivity index (χ2v) is 9.10. The second kappa shape index (κ2) is 6.58. The summed E-state index contributed by atoms with van der Waals surface area (Å²) in [6.45, 7) is 0.131. The molecular formula is C17H20F4N4O2S. The highest BCUT2D eigenvalue weighted by atomic mass is 32.2. The molecule has 0 spiro atoms. The Bertz CT molecular complexity index is 928. The summed E-state index contributed by atoms with van der Waals surface area (Å²) in [5.41, 5.74) is 5.43. The van der Waals surface area contributed by atoms with Crippen LogP contribution in [0.2, 0.25) is 0 Å². The zero-order valence-corrected chi connectivity index (χ0v) is 15.7. The topological polar surface area (TPSA) is 87.8 Å². The molecule has 3 aliphatic rings. The van der Waals surface area contributed by atoms with Gasteiger partial charge in [-0.25, -0.2) is 4.39 Å². The lowest BCUT2D eigenvalue weighted by Crippen LogP contribution is -2.52. The van der Waals surface area contributed by atoms with Crippen LogP contribution in [0.15, 0.2) is 21.4 Å². The molecule has 154 valence electrons. The maximum Gasteiger partial charge on any atom is 0.408 e. The number of nitrogens with one attached hydrogen (secondary N) is 1. The van der Waals surface area contributed by atoms with Gasteiger partial charge < -0.3 is 16.0 Å². The summed E-state index contributed by atoms with van der Waals surface area (Å²) >= 11 is 0. The number of nitrogens with zero attached hydrogens (tertiary/aromatic N) is 2. The van der Waals surface area contributed by atoms with E-state index in [4.69, 9.17) is 5.73 Å². The van der Waals surface area contributed by atoms with Crippen molar-refractivity contribution >= 4 is 27.2 Å². The van der Waals surface area contributed by atoms with Crippen molar-refractivity contribution in [2.75, 3.05) is 23.3 Å². The van der Waals surface area contributed by atoms with Crippen molar-refractivity contribution in [2.45, 2.75) is 42.8 Å². The Morgan fingerprint density at radius 2 is 1.96 bits per heavy atom. The van der Waals surface area contributed by atoms with E-state index >= 15 is 0 Å². The fraction of sp³-hybridized carbons (Fsp3) is 0.588. The lowest BCUT2D eigenvalue weighted by Gasteiger charge is -2.42. The van der Waals surface area contributed by atoms with E-state index < -0.39 is 33.0 Å². The molecule has 3 N–H and O–H groups in total. The molecule has 0 aromatic heterocycles. The summed E-state index contributed by atoms with van der Waals surface area (Å²) in [6.07, 6.45) is -2.87. The molecule has 2 fully saturated rings. The summed E-state index contributed by atoms with van der Waals surface area (Å²) in [6, 6.07) is -0.115. The number of fused-ring (bicyclic) bond motifs is 1. The molecule has 4 rings (SSSR count). The van der Waals surface area contributed by atoms with Gasteiger partial charge >= 0.3 is 6.18 Å². The molecule has 6 nitrogen and oxygen atoms in total. The number of nitrogens with two attached hydrogens (primary N) is 1. The summed E-state index contributed by atoms with van der Waals surface area (Å²) in [5, 5.41) is 2.88. The van der Waals surface area contributed by atoms with Crippen LogP contribution in [-0.4, -0.2) is 39.6 Å². The summed E-state index contributed by atoms with van der Waals surface area (Å²) < 4.78 is 84.2. The molecule has 0 amide bonds. The molecule has 2 atom stereocenters. The Kier molecular flexibility index (Phi) is 4.57. The summed E-state index contributed by atoms with van der Waals surface area (Å²) in [7, 11) is -4.19. The van der Waals surface area contributed by atoms with Crippen LogP contribution in [0.4, 0.5) is 28.9 Å². The third-order valence-corrected chi connectivity index (χ3v) is 6.81. The molecule has 0 bridgehead atoms. The van der Waals surface area contributed by atoms with E-state index in [1.54, 1.807) is 0 Å². The van der Waals surface area contributed by atoms with Crippen LogP contribution in [0.5, 0.6) is 0 Å². The highest BCUT2D eigenvalue weighted by Crippen LogP contribution is 2.45. The van der Waals surface area contributed by atoms with Crippen LogP contribution in [0.3, 0.4) is 0 Å². The number of halogens is 4. The van der Waals surface area contributed by atoms with E-state index in [2.05, 4.69) is 9.71 Å². The first-order valence-electron chi connectivity index (χ1n) is 9.09. The van der Waals surface area contributed by atoms with E-state index in [-0.39, 0.29) is 48.6 Å². The maximum atomic E-state index is 14.2. The molecule has 1 saturated heterocycles. The number of alkyl halides is 3. The van der Waals surface area contributed by atoms with Crippen molar-refractivity contribution in [1.82, 2.24) is 0 Å². The van der Waals surface area contributed by atoms with Gasteiger partial charge in [0.2, 0.25) is 0 Å². The van der Waals surface area contributed by atoms with Crippen LogP contribution < -0.4 is 16.0 Å². The third kappa shape index (κ3) is 3.45. The van der Waals surface area contributed by atoms with Crippen LogP contribution >= 0.6 is 0 Å². The molecule has 2 aliphatic heterocycles. The highest BCUT2D eigenvalue weighted by molar-refractivity contribution is 7.90. The van der Waals surface area contributed by atoms with Crippen LogP contribution in [-0.2, 0) is 10.0 Å². The Balaban J connectivity index is 1.82. The molecule has 0 radical (unpaired) electrons. The number of sulfonamides is 1. The largest absolute Gasteiger partial charge is 0.408 e. The molecule has 11 heteroatoms. The van der Waals surface area contributed by atoms with E-state index in [0.717, 1.165) is 29.9 Å². The molecule has 0 unspecified atom stereocenters. The van der Waals surface area contributed by atoms with Gasteiger partial charge in [-0.15, -0.1) is 4.40 Å². The van der Waals surface area contributed by atoms with Gasteiger partial charge in [-0.3, -0.25) is 0 Å². The Labute approximate surface area is 159 Å². The predicted octanol–water partition coefficient (Wildman–Crippen LogP) is 2.85. The summed E-state index contributed by atoms with van der Waals surface area (Å²) in [5.74, 6) is -1.08. The molecule has 1 aromatic rings. The minimum absolute atomic E-state index is 0.000428. The quantitative estimate of drug-likeness (QED) is 0.735. The monoisotopic (exact) mass is 420 g/mol. The van der Waals surface area contributed by atoms with Crippen molar-refractivity contribution in [3.8, 4) is 0 Å². The Morgan fingerprint density at radius 1 is 1.25 bits per heavy atom. The lowest BCUT2D eigenvalue weighted by atomic mass is 9.90. The number of hydrogen-bond acceptors (Lipinski definition) is 5. The van der Waals surface area contributed by atoms with Gasteiger partial charge in [-0.05, 0) is 50.3 Å². The first-order chi connectivity index (χ1) is 13.1. The van der Waals surface area contributed by atoms with Gasteiger partial charge in [-0.1, -0.05) is 0 Å². The normalized spacial score (nSPS) is 27.0. The average Bonchev–Trinajstić information content (AvgIpc) is 3.45.